The number of carbonyl (C=O) groups excluding carboxylic acids is 1. The number of hydrogen-bond donors (Lipinski definition) is 0. The van der Waals surface area contributed by atoms with Crippen LogP contribution in [0.1, 0.15) is 15.9 Å². The number of nitro benzene ring substituents is 1. The van der Waals surface area contributed by atoms with Gasteiger partial charge >= 0.3 is 5.69 Å². The topological polar surface area (TPSA) is 82.3 Å². The molecule has 0 aliphatic heterocycles. The van der Waals surface area contributed by atoms with Crippen LogP contribution < -0.4 is 4.74 Å². The van der Waals surface area contributed by atoms with Crippen molar-refractivity contribution in [2.24, 2.45) is 0 Å². The quantitative estimate of drug-likeness (QED) is 0.476. The Morgan fingerprint density at radius 1 is 1.35 bits per heavy atom. The molecule has 0 saturated carbocycles. The molecule has 20 heavy (non-hydrogen) atoms. The molecule has 0 unspecified atom stereocenters. The van der Waals surface area contributed by atoms with E-state index >= 15 is 0 Å². The molecule has 0 fully saturated rings. The standard InChI is InChI=1S/C13H9FN2O4/c14-11-3-10(5-15-6-11)8-20-13-2-1-9(7-17)4-12(13)16(18)19/h1-7H,8H2. The van der Waals surface area contributed by atoms with Gasteiger partial charge in [-0.05, 0) is 18.2 Å². The molecule has 2 aromatic rings. The van der Waals surface area contributed by atoms with E-state index in [1.807, 2.05) is 0 Å². The van der Waals surface area contributed by atoms with Gasteiger partial charge in [0, 0.05) is 23.4 Å². The third kappa shape index (κ3) is 3.14. The van der Waals surface area contributed by atoms with Crippen LogP contribution in [0.4, 0.5) is 10.1 Å². The number of aromatic nitrogens is 1. The molecule has 1 heterocycles. The summed E-state index contributed by atoms with van der Waals surface area (Å²) in [4.78, 5) is 24.5. The average Bonchev–Trinajstić information content (AvgIpc) is 2.45. The summed E-state index contributed by atoms with van der Waals surface area (Å²) in [5.41, 5.74) is 0.300. The summed E-state index contributed by atoms with van der Waals surface area (Å²) in [6, 6.07) is 5.07. The molecule has 0 aliphatic rings. The lowest BCUT2D eigenvalue weighted by Crippen LogP contribution is -2.00. The number of benzene rings is 1. The van der Waals surface area contributed by atoms with Crippen LogP contribution in [-0.4, -0.2) is 16.2 Å². The zero-order valence-electron chi connectivity index (χ0n) is 10.2. The average molecular weight is 276 g/mol. The Labute approximate surface area is 113 Å². The highest BCUT2D eigenvalue weighted by molar-refractivity contribution is 5.77. The van der Waals surface area contributed by atoms with E-state index in [1.54, 1.807) is 0 Å². The van der Waals surface area contributed by atoms with Gasteiger partial charge in [0.1, 0.15) is 18.7 Å². The van der Waals surface area contributed by atoms with Gasteiger partial charge < -0.3 is 4.74 Å². The zero-order chi connectivity index (χ0) is 14.5. The summed E-state index contributed by atoms with van der Waals surface area (Å²) in [5.74, 6) is -0.512. The van der Waals surface area contributed by atoms with Crippen LogP contribution in [0.25, 0.3) is 0 Å². The van der Waals surface area contributed by atoms with Gasteiger partial charge in [-0.1, -0.05) is 0 Å². The first-order valence-electron chi connectivity index (χ1n) is 5.56. The molecule has 1 aromatic heterocycles. The molecule has 0 radical (unpaired) electrons. The smallest absolute Gasteiger partial charge is 0.311 e. The lowest BCUT2D eigenvalue weighted by molar-refractivity contribution is -0.386. The lowest BCUT2D eigenvalue weighted by Gasteiger charge is -2.07. The maximum Gasteiger partial charge on any atom is 0.311 e. The van der Waals surface area contributed by atoms with Crippen LogP contribution in [0.2, 0.25) is 0 Å². The minimum Gasteiger partial charge on any atom is -0.482 e. The van der Waals surface area contributed by atoms with Crippen molar-refractivity contribution < 1.29 is 18.8 Å². The highest BCUT2D eigenvalue weighted by Gasteiger charge is 2.16. The molecule has 0 amide bonds. The second-order valence-electron chi connectivity index (χ2n) is 3.90. The van der Waals surface area contributed by atoms with Crippen LogP contribution in [0.3, 0.4) is 0 Å². The number of rotatable bonds is 5. The van der Waals surface area contributed by atoms with Gasteiger partial charge in [-0.25, -0.2) is 4.39 Å². The number of carbonyl (C=O) groups is 1. The number of halogens is 1. The summed E-state index contributed by atoms with van der Waals surface area (Å²) in [7, 11) is 0. The third-order valence-electron chi connectivity index (χ3n) is 2.47. The maximum atomic E-state index is 12.9. The first-order valence-corrected chi connectivity index (χ1v) is 5.56. The van der Waals surface area contributed by atoms with E-state index in [0.29, 0.717) is 11.8 Å². The molecular weight excluding hydrogens is 267 g/mol. The monoisotopic (exact) mass is 276 g/mol. The van der Waals surface area contributed by atoms with Crippen molar-refractivity contribution in [2.45, 2.75) is 6.61 Å². The van der Waals surface area contributed by atoms with Crippen LogP contribution in [0.5, 0.6) is 5.75 Å². The van der Waals surface area contributed by atoms with Gasteiger partial charge in [-0.3, -0.25) is 19.9 Å². The molecule has 0 spiro atoms. The molecule has 0 atom stereocenters. The highest BCUT2D eigenvalue weighted by atomic mass is 19.1. The van der Waals surface area contributed by atoms with Crippen molar-refractivity contribution in [2.75, 3.05) is 0 Å². The number of nitrogens with zero attached hydrogens (tertiary/aromatic N) is 2. The molecule has 0 bridgehead atoms. The predicted octanol–water partition coefficient (Wildman–Crippen LogP) is 2.52. The lowest BCUT2D eigenvalue weighted by atomic mass is 10.2. The summed E-state index contributed by atoms with van der Waals surface area (Å²) in [6.07, 6.45) is 2.95. The van der Waals surface area contributed by atoms with Gasteiger partial charge in [-0.2, -0.15) is 0 Å². The van der Waals surface area contributed by atoms with Crippen molar-refractivity contribution in [3.63, 3.8) is 0 Å². The van der Waals surface area contributed by atoms with Crippen LogP contribution in [0.15, 0.2) is 36.7 Å². The Hall–Kier alpha value is -2.83. The first kappa shape index (κ1) is 13.6. The van der Waals surface area contributed by atoms with Crippen molar-refractivity contribution in [3.05, 3.63) is 63.7 Å². The Morgan fingerprint density at radius 2 is 2.15 bits per heavy atom. The molecule has 0 N–H and O–H groups in total. The second-order valence-corrected chi connectivity index (χ2v) is 3.90. The van der Waals surface area contributed by atoms with E-state index in [4.69, 9.17) is 4.74 Å². The SMILES string of the molecule is O=Cc1ccc(OCc2cncc(F)c2)c([N+](=O)[O-])c1. The summed E-state index contributed by atoms with van der Waals surface area (Å²) in [5, 5.41) is 10.9. The molecule has 6 nitrogen and oxygen atoms in total. The number of hydrogen-bond acceptors (Lipinski definition) is 5. The second kappa shape index (κ2) is 5.87. The molecule has 0 aliphatic carbocycles. The van der Waals surface area contributed by atoms with Crippen molar-refractivity contribution in [1.29, 1.82) is 0 Å². The number of pyridine rings is 1. The minimum atomic E-state index is -0.647. The Morgan fingerprint density at radius 3 is 2.80 bits per heavy atom. The fourth-order valence-electron chi connectivity index (χ4n) is 1.57. The van der Waals surface area contributed by atoms with Crippen molar-refractivity contribution in [1.82, 2.24) is 4.98 Å². The normalized spacial score (nSPS) is 10.1. The minimum absolute atomic E-state index is 0.00450. The van der Waals surface area contributed by atoms with E-state index in [9.17, 15) is 19.3 Å². The molecule has 0 saturated heterocycles. The summed E-state index contributed by atoms with van der Waals surface area (Å²) in [6.45, 7) is -0.0635. The molecule has 7 heteroatoms. The number of aldehydes is 1. The summed E-state index contributed by atoms with van der Waals surface area (Å²) >= 11 is 0. The van der Waals surface area contributed by atoms with Crippen LogP contribution in [-0.2, 0) is 6.61 Å². The van der Waals surface area contributed by atoms with Gasteiger partial charge in [0.25, 0.3) is 0 Å². The van der Waals surface area contributed by atoms with Crippen LogP contribution >= 0.6 is 0 Å². The Bertz CT molecular complexity index is 661. The Kier molecular flexibility index (Phi) is 3.99. The fraction of sp³-hybridized carbons (Fsp3) is 0.0769. The van der Waals surface area contributed by atoms with E-state index in [2.05, 4.69) is 4.98 Å². The van der Waals surface area contributed by atoms with Crippen molar-refractivity contribution in [3.8, 4) is 5.75 Å². The van der Waals surface area contributed by atoms with E-state index < -0.39 is 10.7 Å². The molecule has 1 aromatic carbocycles. The van der Waals surface area contributed by atoms with E-state index in [1.165, 1.54) is 24.4 Å². The third-order valence-corrected chi connectivity index (χ3v) is 2.47. The highest BCUT2D eigenvalue weighted by Crippen LogP contribution is 2.28. The van der Waals surface area contributed by atoms with E-state index in [-0.39, 0.29) is 23.6 Å². The molecule has 102 valence electrons. The van der Waals surface area contributed by atoms with Gasteiger partial charge in [0.05, 0.1) is 11.1 Å². The van der Waals surface area contributed by atoms with E-state index in [0.717, 1.165) is 12.3 Å². The van der Waals surface area contributed by atoms with Crippen LogP contribution in [0, 0.1) is 15.9 Å². The first-order chi connectivity index (χ1) is 9.60. The molecular formula is C13H9FN2O4. The number of ether oxygens (including phenoxy) is 1. The zero-order valence-corrected chi connectivity index (χ0v) is 10.2. The maximum absolute atomic E-state index is 12.9. The van der Waals surface area contributed by atoms with Gasteiger partial charge in [-0.15, -0.1) is 0 Å². The molecule has 2 rings (SSSR count). The largest absolute Gasteiger partial charge is 0.482 e. The Balaban J connectivity index is 2.20. The predicted molar refractivity (Wildman–Crippen MR) is 67.0 cm³/mol. The number of nitro groups is 1. The fourth-order valence-corrected chi connectivity index (χ4v) is 1.57. The summed E-state index contributed by atoms with van der Waals surface area (Å²) < 4.78 is 18.2. The van der Waals surface area contributed by atoms with Gasteiger partial charge in [0.15, 0.2) is 5.75 Å². The van der Waals surface area contributed by atoms with Crippen molar-refractivity contribution >= 4 is 12.0 Å². The van der Waals surface area contributed by atoms with Gasteiger partial charge in [0.2, 0.25) is 0 Å².